The van der Waals surface area contributed by atoms with Gasteiger partial charge in [0.15, 0.2) is 0 Å². The van der Waals surface area contributed by atoms with Crippen molar-refractivity contribution in [1.82, 2.24) is 10.0 Å². The Balaban J connectivity index is 2.41. The number of ether oxygens (including phenoxy) is 1. The second-order valence-corrected chi connectivity index (χ2v) is 7.26. The fraction of sp³-hybridized carbons (Fsp3) is 0.583. The van der Waals surface area contributed by atoms with Crippen LogP contribution in [0.3, 0.4) is 0 Å². The first-order valence-electron chi connectivity index (χ1n) is 6.33. The Morgan fingerprint density at radius 1 is 1.40 bits per heavy atom. The average Bonchev–Trinajstić information content (AvgIpc) is 2.91. The summed E-state index contributed by atoms with van der Waals surface area (Å²) >= 11 is 1.22. The van der Waals surface area contributed by atoms with Gasteiger partial charge in [0.05, 0.1) is 6.54 Å². The fourth-order valence-corrected chi connectivity index (χ4v) is 3.75. The van der Waals surface area contributed by atoms with E-state index in [0.29, 0.717) is 19.6 Å². The van der Waals surface area contributed by atoms with Gasteiger partial charge in [-0.2, -0.15) is 0 Å². The molecule has 2 N–H and O–H groups in total. The molecule has 0 spiro atoms. The smallest absolute Gasteiger partial charge is 0.250 e. The minimum Gasteiger partial charge on any atom is -0.385 e. The molecule has 0 unspecified atom stereocenters. The molecule has 114 valence electrons. The van der Waals surface area contributed by atoms with Crippen molar-refractivity contribution >= 4 is 27.3 Å². The van der Waals surface area contributed by atoms with Crippen molar-refractivity contribution in [2.75, 3.05) is 26.8 Å². The van der Waals surface area contributed by atoms with Crippen molar-refractivity contribution < 1.29 is 17.9 Å². The molecule has 0 atom stereocenters. The summed E-state index contributed by atoms with van der Waals surface area (Å²) in [7, 11) is -2.01. The van der Waals surface area contributed by atoms with Crippen molar-refractivity contribution in [2.45, 2.75) is 24.0 Å². The molecule has 6 nitrogen and oxygen atoms in total. The van der Waals surface area contributed by atoms with Gasteiger partial charge >= 0.3 is 0 Å². The van der Waals surface area contributed by atoms with E-state index in [4.69, 9.17) is 4.74 Å². The Morgan fingerprint density at radius 3 is 2.75 bits per heavy atom. The number of rotatable bonds is 9. The monoisotopic (exact) mass is 320 g/mol. The Morgan fingerprint density at radius 2 is 2.15 bits per heavy atom. The summed E-state index contributed by atoms with van der Waals surface area (Å²) < 4.78 is 31.3. The van der Waals surface area contributed by atoms with Crippen molar-refractivity contribution in [1.29, 1.82) is 0 Å². The van der Waals surface area contributed by atoms with Gasteiger partial charge in [0.2, 0.25) is 5.91 Å². The van der Waals surface area contributed by atoms with Gasteiger partial charge in [-0.25, -0.2) is 13.1 Å². The van der Waals surface area contributed by atoms with Crippen LogP contribution in [-0.2, 0) is 26.0 Å². The van der Waals surface area contributed by atoms with E-state index in [1.807, 2.05) is 6.92 Å². The number of carbonyl (C=O) groups excluding carboxylic acids is 1. The summed E-state index contributed by atoms with van der Waals surface area (Å²) in [5.74, 6) is -0.350. The number of thiophene rings is 1. The van der Waals surface area contributed by atoms with Crippen LogP contribution in [-0.4, -0.2) is 41.1 Å². The molecule has 20 heavy (non-hydrogen) atoms. The molecule has 1 heterocycles. The predicted octanol–water partition coefficient (Wildman–Crippen LogP) is 0.741. The molecule has 8 heteroatoms. The Kier molecular flexibility index (Phi) is 7.14. The van der Waals surface area contributed by atoms with E-state index >= 15 is 0 Å². The van der Waals surface area contributed by atoms with E-state index in [1.165, 1.54) is 11.3 Å². The summed E-state index contributed by atoms with van der Waals surface area (Å²) in [4.78, 5) is 12.5. The lowest BCUT2D eigenvalue weighted by molar-refractivity contribution is -0.120. The molecule has 0 aliphatic rings. The maximum Gasteiger partial charge on any atom is 0.250 e. The quantitative estimate of drug-likeness (QED) is 0.657. The second-order valence-electron chi connectivity index (χ2n) is 4.10. The molecule has 0 aromatic carbocycles. The van der Waals surface area contributed by atoms with Crippen LogP contribution in [0.25, 0.3) is 0 Å². The van der Waals surface area contributed by atoms with Crippen LogP contribution in [0, 0.1) is 0 Å². The van der Waals surface area contributed by atoms with Crippen LogP contribution in [0.4, 0.5) is 0 Å². The van der Waals surface area contributed by atoms with E-state index in [9.17, 15) is 13.2 Å². The first-order valence-corrected chi connectivity index (χ1v) is 8.63. The molecule has 1 aromatic rings. The molecule has 0 saturated heterocycles. The molecule has 0 saturated carbocycles. The number of amides is 1. The molecule has 0 aliphatic carbocycles. The number of methoxy groups -OCH3 is 1. The van der Waals surface area contributed by atoms with Crippen molar-refractivity contribution in [2.24, 2.45) is 0 Å². The average molecular weight is 320 g/mol. The van der Waals surface area contributed by atoms with Gasteiger partial charge in [-0.15, -0.1) is 11.3 Å². The zero-order valence-corrected chi connectivity index (χ0v) is 13.3. The van der Waals surface area contributed by atoms with E-state index in [-0.39, 0.29) is 16.7 Å². The summed E-state index contributed by atoms with van der Waals surface area (Å²) in [5, 5.41) is 2.62. The van der Waals surface area contributed by atoms with Gasteiger partial charge in [0.1, 0.15) is 4.21 Å². The van der Waals surface area contributed by atoms with E-state index < -0.39 is 10.0 Å². The summed E-state index contributed by atoms with van der Waals surface area (Å²) in [6.45, 7) is 2.73. The highest BCUT2D eigenvalue weighted by molar-refractivity contribution is 7.91. The lowest BCUT2D eigenvalue weighted by atomic mass is 10.4. The lowest BCUT2D eigenvalue weighted by Gasteiger charge is -2.06. The number of sulfonamides is 1. The number of aryl methyl sites for hydroxylation is 1. The third-order valence-corrected chi connectivity index (χ3v) is 5.64. The fourth-order valence-electron chi connectivity index (χ4n) is 1.43. The van der Waals surface area contributed by atoms with Gasteiger partial charge in [0, 0.05) is 25.1 Å². The Hall–Kier alpha value is -0.960. The molecule has 0 bridgehead atoms. The number of nitrogens with one attached hydrogen (secondary N) is 2. The van der Waals surface area contributed by atoms with Gasteiger partial charge in [-0.3, -0.25) is 4.79 Å². The van der Waals surface area contributed by atoms with E-state index in [0.717, 1.165) is 11.3 Å². The van der Waals surface area contributed by atoms with E-state index in [1.54, 1.807) is 19.2 Å². The van der Waals surface area contributed by atoms with Crippen LogP contribution in [0.5, 0.6) is 0 Å². The molecule has 0 fully saturated rings. The topological polar surface area (TPSA) is 84.5 Å². The second kappa shape index (κ2) is 8.35. The highest BCUT2D eigenvalue weighted by atomic mass is 32.2. The molecular formula is C12H20N2O4S2. The first-order chi connectivity index (χ1) is 9.49. The van der Waals surface area contributed by atoms with Gasteiger partial charge in [-0.1, -0.05) is 6.92 Å². The van der Waals surface area contributed by atoms with E-state index in [2.05, 4.69) is 10.0 Å². The summed E-state index contributed by atoms with van der Waals surface area (Å²) in [5.41, 5.74) is 0. The molecule has 0 aliphatic heterocycles. The zero-order chi connectivity index (χ0) is 15.0. The highest BCUT2D eigenvalue weighted by Gasteiger charge is 2.17. The highest BCUT2D eigenvalue weighted by Crippen LogP contribution is 2.21. The predicted molar refractivity (Wildman–Crippen MR) is 78.4 cm³/mol. The van der Waals surface area contributed by atoms with Crippen molar-refractivity contribution in [3.8, 4) is 0 Å². The third-order valence-electron chi connectivity index (χ3n) is 2.52. The number of hydrogen-bond acceptors (Lipinski definition) is 5. The maximum atomic E-state index is 11.9. The van der Waals surface area contributed by atoms with Gasteiger partial charge in [-0.05, 0) is 25.0 Å². The van der Waals surface area contributed by atoms with Gasteiger partial charge in [0.25, 0.3) is 10.0 Å². The van der Waals surface area contributed by atoms with Crippen molar-refractivity contribution in [3.63, 3.8) is 0 Å². The zero-order valence-electron chi connectivity index (χ0n) is 11.6. The molecule has 1 amide bonds. The maximum absolute atomic E-state index is 11.9. The summed E-state index contributed by atoms with van der Waals surface area (Å²) in [6, 6.07) is 3.34. The normalized spacial score (nSPS) is 11.5. The first kappa shape index (κ1) is 17.1. The number of carbonyl (C=O) groups is 1. The third kappa shape index (κ3) is 5.58. The van der Waals surface area contributed by atoms with Crippen LogP contribution >= 0.6 is 11.3 Å². The number of hydrogen-bond donors (Lipinski definition) is 2. The Bertz CT molecular complexity index is 525. The Labute approximate surface area is 123 Å². The molecular weight excluding hydrogens is 300 g/mol. The van der Waals surface area contributed by atoms with Crippen LogP contribution in [0.15, 0.2) is 16.3 Å². The lowest BCUT2D eigenvalue weighted by Crippen LogP contribution is -2.37. The molecule has 1 aromatic heterocycles. The van der Waals surface area contributed by atoms with Crippen LogP contribution in [0.2, 0.25) is 0 Å². The van der Waals surface area contributed by atoms with Crippen molar-refractivity contribution in [3.05, 3.63) is 17.0 Å². The van der Waals surface area contributed by atoms with Crippen LogP contribution in [0.1, 0.15) is 18.2 Å². The minimum atomic E-state index is -3.60. The van der Waals surface area contributed by atoms with Gasteiger partial charge < -0.3 is 10.1 Å². The SMILES string of the molecule is CCc1ccc(S(=O)(=O)NCC(=O)NCCCOC)s1. The molecule has 1 rings (SSSR count). The summed E-state index contributed by atoms with van der Waals surface area (Å²) in [6.07, 6.45) is 1.49. The minimum absolute atomic E-state index is 0.238. The molecule has 0 radical (unpaired) electrons. The van der Waals surface area contributed by atoms with Crippen LogP contribution < -0.4 is 10.0 Å². The standard InChI is InChI=1S/C12H20N2O4S2/c1-3-10-5-6-12(19-10)20(16,17)14-9-11(15)13-7-4-8-18-2/h5-6,14H,3-4,7-9H2,1-2H3,(H,13,15). The largest absolute Gasteiger partial charge is 0.385 e.